The lowest BCUT2D eigenvalue weighted by molar-refractivity contribution is 0.0497. The van der Waals surface area contributed by atoms with Gasteiger partial charge in [-0.3, -0.25) is 0 Å². The molecule has 0 aromatic heterocycles. The maximum Gasteiger partial charge on any atom is 0.0797 e. The van der Waals surface area contributed by atoms with Crippen LogP contribution in [0, 0.1) is 0 Å². The molecule has 0 spiro atoms. The van der Waals surface area contributed by atoms with E-state index < -0.39 is 5.60 Å². The van der Waals surface area contributed by atoms with Crippen LogP contribution in [-0.2, 0) is 6.42 Å². The summed E-state index contributed by atoms with van der Waals surface area (Å²) in [7, 11) is 0. The van der Waals surface area contributed by atoms with Gasteiger partial charge in [0.25, 0.3) is 0 Å². The van der Waals surface area contributed by atoms with E-state index in [2.05, 4.69) is 52.9 Å². The van der Waals surface area contributed by atoms with Gasteiger partial charge in [-0.2, -0.15) is 0 Å². The summed E-state index contributed by atoms with van der Waals surface area (Å²) >= 11 is 3.61. The molecule has 94 valence electrons. The molecule has 1 unspecified atom stereocenters. The highest BCUT2D eigenvalue weighted by molar-refractivity contribution is 9.10. The van der Waals surface area contributed by atoms with Gasteiger partial charge in [0.05, 0.1) is 11.6 Å². The number of anilines is 1. The summed E-state index contributed by atoms with van der Waals surface area (Å²) in [5.41, 5.74) is 1.87. The average Bonchev–Trinajstić information content (AvgIpc) is 2.57. The number of hydrogen-bond donors (Lipinski definition) is 1. The van der Waals surface area contributed by atoms with Crippen molar-refractivity contribution in [3.05, 3.63) is 28.2 Å². The van der Waals surface area contributed by atoms with Crippen LogP contribution >= 0.6 is 15.9 Å². The molecule has 0 saturated heterocycles. The summed E-state index contributed by atoms with van der Waals surface area (Å²) in [4.78, 5) is 2.33. The second-order valence-electron chi connectivity index (χ2n) is 5.61. The number of nitrogens with zero attached hydrogens (tertiary/aromatic N) is 1. The second-order valence-corrected chi connectivity index (χ2v) is 6.47. The van der Waals surface area contributed by atoms with Crippen molar-refractivity contribution in [2.75, 3.05) is 4.90 Å². The van der Waals surface area contributed by atoms with Gasteiger partial charge < -0.3 is 10.0 Å². The molecule has 0 bridgehead atoms. The van der Waals surface area contributed by atoms with Crippen molar-refractivity contribution in [3.8, 4) is 0 Å². The topological polar surface area (TPSA) is 23.5 Å². The van der Waals surface area contributed by atoms with Crippen molar-refractivity contribution in [2.45, 2.75) is 51.8 Å². The normalized spacial score (nSPS) is 19.9. The molecule has 2 rings (SSSR count). The van der Waals surface area contributed by atoms with Gasteiger partial charge in [0.15, 0.2) is 0 Å². The molecule has 1 aromatic carbocycles. The Bertz CT molecular complexity index is 423. The number of aliphatic hydroxyl groups is 1. The van der Waals surface area contributed by atoms with E-state index in [9.17, 15) is 5.11 Å². The Kier molecular flexibility index (Phi) is 3.25. The van der Waals surface area contributed by atoms with Crippen LogP contribution in [0.25, 0.3) is 0 Å². The van der Waals surface area contributed by atoms with Gasteiger partial charge in [0, 0.05) is 16.2 Å². The van der Waals surface area contributed by atoms with E-state index in [1.807, 2.05) is 13.8 Å². The summed E-state index contributed by atoms with van der Waals surface area (Å²) in [6, 6.07) is 6.82. The van der Waals surface area contributed by atoms with E-state index in [0.717, 1.165) is 10.9 Å². The first-order valence-corrected chi connectivity index (χ1v) is 6.89. The number of fused-ring (bicyclic) bond motifs is 1. The zero-order valence-electron chi connectivity index (χ0n) is 10.9. The summed E-state index contributed by atoms with van der Waals surface area (Å²) in [5.74, 6) is 0. The zero-order chi connectivity index (χ0) is 12.8. The van der Waals surface area contributed by atoms with E-state index in [0.29, 0.717) is 6.04 Å². The first-order valence-electron chi connectivity index (χ1n) is 6.10. The van der Waals surface area contributed by atoms with Gasteiger partial charge in [-0.05, 0) is 51.8 Å². The highest BCUT2D eigenvalue weighted by Crippen LogP contribution is 2.41. The highest BCUT2D eigenvalue weighted by Gasteiger charge is 2.40. The molecule has 0 radical (unpaired) electrons. The molecule has 1 N–H and O–H groups in total. The smallest absolute Gasteiger partial charge is 0.0797 e. The maximum atomic E-state index is 10.3. The van der Waals surface area contributed by atoms with E-state index >= 15 is 0 Å². The van der Waals surface area contributed by atoms with Crippen LogP contribution in [0.1, 0.15) is 33.3 Å². The third-order valence-electron chi connectivity index (χ3n) is 3.48. The molecule has 0 amide bonds. The number of halogens is 1. The lowest BCUT2D eigenvalue weighted by Gasteiger charge is -2.38. The molecule has 1 aliphatic rings. The number of rotatable bonds is 2. The minimum Gasteiger partial charge on any atom is -0.388 e. The van der Waals surface area contributed by atoms with Gasteiger partial charge in [0.2, 0.25) is 0 Å². The van der Waals surface area contributed by atoms with Crippen LogP contribution in [0.15, 0.2) is 22.7 Å². The molecular formula is C14H20BrNO. The van der Waals surface area contributed by atoms with E-state index in [-0.39, 0.29) is 6.04 Å². The molecule has 1 aliphatic heterocycles. The molecular weight excluding hydrogens is 278 g/mol. The van der Waals surface area contributed by atoms with Crippen LogP contribution in [0.5, 0.6) is 0 Å². The summed E-state index contributed by atoms with van der Waals surface area (Å²) < 4.78 is 1.15. The quantitative estimate of drug-likeness (QED) is 0.905. The fourth-order valence-corrected chi connectivity index (χ4v) is 3.20. The summed E-state index contributed by atoms with van der Waals surface area (Å²) in [6.45, 7) is 8.14. The van der Waals surface area contributed by atoms with Gasteiger partial charge in [-0.15, -0.1) is 0 Å². The maximum absolute atomic E-state index is 10.3. The number of hydrogen-bond acceptors (Lipinski definition) is 2. The van der Waals surface area contributed by atoms with Gasteiger partial charge in [-0.25, -0.2) is 0 Å². The third-order valence-corrected chi connectivity index (χ3v) is 4.22. The minimum absolute atomic E-state index is 0.149. The summed E-state index contributed by atoms with van der Waals surface area (Å²) in [5, 5.41) is 10.3. The van der Waals surface area contributed by atoms with E-state index in [1.165, 1.54) is 11.3 Å². The third kappa shape index (κ3) is 2.23. The Morgan fingerprint density at radius 3 is 2.59 bits per heavy atom. The lowest BCUT2D eigenvalue weighted by atomic mass is 9.94. The monoisotopic (exact) mass is 297 g/mol. The largest absolute Gasteiger partial charge is 0.388 e. The van der Waals surface area contributed by atoms with Crippen molar-refractivity contribution in [2.24, 2.45) is 0 Å². The van der Waals surface area contributed by atoms with E-state index in [4.69, 9.17) is 0 Å². The first-order chi connectivity index (χ1) is 7.82. The fourth-order valence-electron chi connectivity index (χ4n) is 2.68. The molecule has 17 heavy (non-hydrogen) atoms. The van der Waals surface area contributed by atoms with Crippen LogP contribution in [-0.4, -0.2) is 22.8 Å². The number of benzene rings is 1. The minimum atomic E-state index is -0.692. The zero-order valence-corrected chi connectivity index (χ0v) is 12.5. The molecule has 1 aromatic rings. The Morgan fingerprint density at radius 1 is 1.41 bits per heavy atom. The Hall–Kier alpha value is -0.540. The van der Waals surface area contributed by atoms with Crippen LogP contribution in [0.4, 0.5) is 5.69 Å². The highest BCUT2D eigenvalue weighted by atomic mass is 79.9. The fraction of sp³-hybridized carbons (Fsp3) is 0.571. The molecule has 3 heteroatoms. The van der Waals surface area contributed by atoms with Crippen LogP contribution in [0.3, 0.4) is 0 Å². The average molecular weight is 298 g/mol. The SMILES string of the molecule is CC(C)N1c2cccc(Br)c2CC1C(C)(C)O. The Labute approximate surface area is 112 Å². The molecule has 0 aliphatic carbocycles. The van der Waals surface area contributed by atoms with Gasteiger partial charge >= 0.3 is 0 Å². The molecule has 1 atom stereocenters. The van der Waals surface area contributed by atoms with Gasteiger partial charge in [0.1, 0.15) is 0 Å². The van der Waals surface area contributed by atoms with Crippen molar-refractivity contribution in [1.82, 2.24) is 0 Å². The van der Waals surface area contributed by atoms with Crippen LogP contribution < -0.4 is 4.90 Å². The molecule has 0 saturated carbocycles. The Balaban J connectivity index is 2.49. The molecule has 1 heterocycles. The predicted molar refractivity (Wildman–Crippen MR) is 75.5 cm³/mol. The van der Waals surface area contributed by atoms with E-state index in [1.54, 1.807) is 0 Å². The van der Waals surface area contributed by atoms with Crippen molar-refractivity contribution >= 4 is 21.6 Å². The van der Waals surface area contributed by atoms with Crippen molar-refractivity contribution in [1.29, 1.82) is 0 Å². The second kappa shape index (κ2) is 4.29. The molecule has 2 nitrogen and oxygen atoms in total. The lowest BCUT2D eigenvalue weighted by Crippen LogP contribution is -2.50. The summed E-state index contributed by atoms with van der Waals surface area (Å²) in [6.07, 6.45) is 0.901. The molecule has 0 fully saturated rings. The Morgan fingerprint density at radius 2 is 2.06 bits per heavy atom. The first kappa shape index (κ1) is 12.9. The van der Waals surface area contributed by atoms with Crippen molar-refractivity contribution in [3.63, 3.8) is 0 Å². The van der Waals surface area contributed by atoms with Crippen LogP contribution in [0.2, 0.25) is 0 Å². The predicted octanol–water partition coefficient (Wildman–Crippen LogP) is 3.36. The van der Waals surface area contributed by atoms with Crippen molar-refractivity contribution < 1.29 is 5.11 Å². The standard InChI is InChI=1S/C14H20BrNO/c1-9(2)16-12-7-5-6-11(15)10(12)8-13(16)14(3,4)17/h5-7,9,13,17H,8H2,1-4H3. The van der Waals surface area contributed by atoms with Gasteiger partial charge in [-0.1, -0.05) is 22.0 Å².